The van der Waals surface area contributed by atoms with Gasteiger partial charge in [-0.05, 0) is 111 Å². The minimum absolute atomic E-state index is 0.166. The summed E-state index contributed by atoms with van der Waals surface area (Å²) in [4.78, 5) is 14.9. The van der Waals surface area contributed by atoms with Crippen LogP contribution >= 0.6 is 0 Å². The highest BCUT2D eigenvalue weighted by Crippen LogP contribution is 2.68. The molecule has 4 saturated carbocycles. The maximum absolute atomic E-state index is 12.8. The Kier molecular flexibility index (Phi) is 5.73. The van der Waals surface area contributed by atoms with E-state index in [1.165, 1.54) is 38.5 Å². The monoisotopic (exact) mass is 431 g/mol. The molecule has 176 valence electrons. The van der Waals surface area contributed by atoms with Crippen LogP contribution in [-0.4, -0.2) is 46.3 Å². The van der Waals surface area contributed by atoms with Crippen LogP contribution in [0.25, 0.3) is 0 Å². The van der Waals surface area contributed by atoms with Crippen LogP contribution < -0.4 is 0 Å². The molecule has 5 aliphatic rings. The fraction of sp³-hybridized carbons (Fsp3) is 0.963. The van der Waals surface area contributed by atoms with Crippen molar-refractivity contribution in [3.63, 3.8) is 0 Å². The number of likely N-dealkylation sites (tertiary alicyclic amines) is 1. The lowest BCUT2D eigenvalue weighted by Crippen LogP contribution is -2.58. The van der Waals surface area contributed by atoms with E-state index >= 15 is 0 Å². The molecule has 4 heteroatoms. The molecule has 10 atom stereocenters. The first-order chi connectivity index (χ1) is 14.7. The van der Waals surface area contributed by atoms with Crippen LogP contribution in [0, 0.1) is 46.3 Å². The van der Waals surface area contributed by atoms with Crippen molar-refractivity contribution in [3.8, 4) is 0 Å². The van der Waals surface area contributed by atoms with Crippen LogP contribution in [0.3, 0.4) is 0 Å². The number of aliphatic hydroxyl groups excluding tert-OH is 2. The average Bonchev–Trinajstić information content (AvgIpc) is 3.37. The van der Waals surface area contributed by atoms with Crippen molar-refractivity contribution in [1.82, 2.24) is 4.90 Å². The Hall–Kier alpha value is -0.610. The molecule has 4 nitrogen and oxygen atoms in total. The number of carbonyl (C=O) groups is 1. The summed E-state index contributed by atoms with van der Waals surface area (Å²) in [5, 5.41) is 21.6. The zero-order valence-electron chi connectivity index (χ0n) is 20.1. The van der Waals surface area contributed by atoms with Crippen LogP contribution in [0.5, 0.6) is 0 Å². The summed E-state index contributed by atoms with van der Waals surface area (Å²) < 4.78 is 0. The van der Waals surface area contributed by atoms with Gasteiger partial charge >= 0.3 is 0 Å². The van der Waals surface area contributed by atoms with E-state index in [1.54, 1.807) is 0 Å². The van der Waals surface area contributed by atoms with Crippen molar-refractivity contribution in [2.75, 3.05) is 13.1 Å². The number of hydrogen-bond donors (Lipinski definition) is 2. The Morgan fingerprint density at radius 3 is 2.39 bits per heavy atom. The van der Waals surface area contributed by atoms with Gasteiger partial charge in [0, 0.05) is 19.5 Å². The van der Waals surface area contributed by atoms with Gasteiger partial charge in [-0.25, -0.2) is 0 Å². The summed E-state index contributed by atoms with van der Waals surface area (Å²) in [5.74, 6) is 3.52. The summed E-state index contributed by atoms with van der Waals surface area (Å²) in [7, 11) is 0. The van der Waals surface area contributed by atoms with Crippen molar-refractivity contribution in [1.29, 1.82) is 0 Å². The number of rotatable bonds is 3. The number of nitrogens with zero attached hydrogens (tertiary/aromatic N) is 1. The van der Waals surface area contributed by atoms with Crippen LogP contribution in [-0.2, 0) is 4.79 Å². The second-order valence-corrected chi connectivity index (χ2v) is 12.7. The zero-order valence-corrected chi connectivity index (χ0v) is 20.1. The number of fused-ring (bicyclic) bond motifs is 5. The van der Waals surface area contributed by atoms with Gasteiger partial charge in [-0.2, -0.15) is 0 Å². The summed E-state index contributed by atoms with van der Waals surface area (Å²) in [6.07, 6.45) is 11.4. The van der Waals surface area contributed by atoms with Crippen molar-refractivity contribution in [2.24, 2.45) is 46.3 Å². The predicted molar refractivity (Wildman–Crippen MR) is 122 cm³/mol. The number of hydrogen-bond acceptors (Lipinski definition) is 3. The van der Waals surface area contributed by atoms with Gasteiger partial charge in [0.1, 0.15) is 0 Å². The Morgan fingerprint density at radius 2 is 1.65 bits per heavy atom. The number of amides is 1. The molecule has 5 rings (SSSR count). The molecular weight excluding hydrogens is 386 g/mol. The van der Waals surface area contributed by atoms with Crippen LogP contribution in [0.2, 0.25) is 0 Å². The highest BCUT2D eigenvalue weighted by molar-refractivity contribution is 5.76. The molecule has 1 aliphatic heterocycles. The van der Waals surface area contributed by atoms with E-state index in [2.05, 4.69) is 25.7 Å². The van der Waals surface area contributed by atoms with Gasteiger partial charge in [-0.3, -0.25) is 4.79 Å². The standard InChI is InChI=1S/C27H45NO3/c1-17(14-24(31)28-12-4-5-13-28)20-6-7-21-25-22(9-11-27(20,21)3)26(2)10-8-19(29)15-18(26)16-23(25)30/h17-23,25,29-30H,4-16H2,1-3H3/t17-,18+,19-,20-,21+,22+,23-,25+,26+,27-/m1/s1. The van der Waals surface area contributed by atoms with E-state index in [9.17, 15) is 15.0 Å². The lowest BCUT2D eigenvalue weighted by molar-refractivity contribution is -0.174. The molecule has 4 aliphatic carbocycles. The molecule has 0 radical (unpaired) electrons. The summed E-state index contributed by atoms with van der Waals surface area (Å²) in [6.45, 7) is 9.24. The highest BCUT2D eigenvalue weighted by Gasteiger charge is 2.62. The van der Waals surface area contributed by atoms with E-state index in [-0.39, 0.29) is 17.6 Å². The third-order valence-corrected chi connectivity index (χ3v) is 11.4. The maximum atomic E-state index is 12.8. The molecule has 31 heavy (non-hydrogen) atoms. The Balaban J connectivity index is 1.33. The van der Waals surface area contributed by atoms with Gasteiger partial charge in [0.25, 0.3) is 0 Å². The topological polar surface area (TPSA) is 60.8 Å². The highest BCUT2D eigenvalue weighted by atomic mass is 16.3. The summed E-state index contributed by atoms with van der Waals surface area (Å²) in [5.41, 5.74) is 0.560. The molecule has 1 amide bonds. The third kappa shape index (κ3) is 3.50. The van der Waals surface area contributed by atoms with E-state index < -0.39 is 0 Å². The minimum Gasteiger partial charge on any atom is -0.393 e. The Morgan fingerprint density at radius 1 is 0.968 bits per heavy atom. The molecular formula is C27H45NO3. The smallest absolute Gasteiger partial charge is 0.222 e. The first-order valence-electron chi connectivity index (χ1n) is 13.4. The first-order valence-corrected chi connectivity index (χ1v) is 13.4. The molecule has 0 aromatic rings. The second kappa shape index (κ2) is 8.01. The van der Waals surface area contributed by atoms with Crippen molar-refractivity contribution in [2.45, 2.75) is 104 Å². The lowest BCUT2D eigenvalue weighted by Gasteiger charge is -2.62. The summed E-state index contributed by atoms with van der Waals surface area (Å²) >= 11 is 0. The van der Waals surface area contributed by atoms with E-state index in [1.807, 2.05) is 0 Å². The molecule has 1 heterocycles. The number of carbonyl (C=O) groups excluding carboxylic acids is 1. The van der Waals surface area contributed by atoms with Gasteiger partial charge in [-0.1, -0.05) is 20.8 Å². The average molecular weight is 432 g/mol. The quantitative estimate of drug-likeness (QED) is 0.685. The van der Waals surface area contributed by atoms with Gasteiger partial charge in [0.2, 0.25) is 5.91 Å². The lowest BCUT2D eigenvalue weighted by atomic mass is 9.43. The van der Waals surface area contributed by atoms with E-state index in [0.29, 0.717) is 53.3 Å². The fourth-order valence-corrected chi connectivity index (χ4v) is 9.69. The fourth-order valence-electron chi connectivity index (χ4n) is 9.69. The number of aliphatic hydroxyl groups is 2. The molecule has 0 unspecified atom stereocenters. The van der Waals surface area contributed by atoms with Gasteiger partial charge in [0.15, 0.2) is 0 Å². The Bertz CT molecular complexity index is 690. The molecule has 0 aromatic heterocycles. The first kappa shape index (κ1) is 22.2. The molecule has 0 spiro atoms. The largest absolute Gasteiger partial charge is 0.393 e. The van der Waals surface area contributed by atoms with E-state index in [4.69, 9.17) is 0 Å². The maximum Gasteiger partial charge on any atom is 0.222 e. The zero-order chi connectivity index (χ0) is 22.0. The summed E-state index contributed by atoms with van der Waals surface area (Å²) in [6, 6.07) is 0. The Labute approximate surface area is 189 Å². The molecule has 2 N–H and O–H groups in total. The molecule has 0 aromatic carbocycles. The van der Waals surface area contributed by atoms with Gasteiger partial charge < -0.3 is 15.1 Å². The molecule has 1 saturated heterocycles. The second-order valence-electron chi connectivity index (χ2n) is 12.7. The van der Waals surface area contributed by atoms with Crippen LogP contribution in [0.1, 0.15) is 91.4 Å². The minimum atomic E-state index is -0.210. The third-order valence-electron chi connectivity index (χ3n) is 11.4. The van der Waals surface area contributed by atoms with Gasteiger partial charge in [-0.15, -0.1) is 0 Å². The van der Waals surface area contributed by atoms with Gasteiger partial charge in [0.05, 0.1) is 12.2 Å². The molecule has 0 bridgehead atoms. The van der Waals surface area contributed by atoms with Crippen LogP contribution in [0.15, 0.2) is 0 Å². The van der Waals surface area contributed by atoms with Crippen molar-refractivity contribution >= 4 is 5.91 Å². The predicted octanol–water partition coefficient (Wildman–Crippen LogP) is 4.63. The van der Waals surface area contributed by atoms with Crippen molar-refractivity contribution in [3.05, 3.63) is 0 Å². The normalized spacial score (nSPS) is 50.5. The molecule has 5 fully saturated rings. The SMILES string of the molecule is C[C@H](CC(=O)N1CCCC1)[C@H]1CC[C@H]2[C@@H]3[C@H](O)C[C@@H]4C[C@H](O)CC[C@]4(C)[C@H]3CC[C@]12C. The van der Waals surface area contributed by atoms with Crippen molar-refractivity contribution < 1.29 is 15.0 Å². The van der Waals surface area contributed by atoms with E-state index in [0.717, 1.165) is 38.8 Å². The van der Waals surface area contributed by atoms with Crippen LogP contribution in [0.4, 0.5) is 0 Å².